The van der Waals surface area contributed by atoms with Crippen molar-refractivity contribution >= 4 is 66.4 Å². The molecule has 6 nitrogen and oxygen atoms in total. The molecule has 188 valence electrons. The summed E-state index contributed by atoms with van der Waals surface area (Å²) in [5.74, 6) is 0. The molecule has 0 saturated heterocycles. The molecule has 0 aliphatic carbocycles. The highest BCUT2D eigenvalue weighted by atomic mass is 15.0. The molecule has 2 aromatic heterocycles. The van der Waals surface area contributed by atoms with Gasteiger partial charge in [0.2, 0.25) is 0 Å². The molecule has 6 heteroatoms. The quantitative estimate of drug-likeness (QED) is 0.194. The zero-order valence-electron chi connectivity index (χ0n) is 21.2. The van der Waals surface area contributed by atoms with E-state index in [9.17, 15) is 0 Å². The Balaban J connectivity index is 0.000000142. The monoisotopic (exact) mass is 498 g/mol. The zero-order chi connectivity index (χ0) is 26.4. The molecule has 0 aliphatic rings. The number of nitrogens with two attached hydrogens (primary N) is 4. The Bertz CT molecular complexity index is 1830. The Morgan fingerprint density at radius 2 is 0.842 bits per heavy atom. The number of para-hydroxylation sites is 1. The van der Waals surface area contributed by atoms with Gasteiger partial charge in [-0.05, 0) is 91.9 Å². The third kappa shape index (κ3) is 3.83. The lowest BCUT2D eigenvalue weighted by Gasteiger charge is -2.07. The van der Waals surface area contributed by atoms with Crippen LogP contribution in [0.1, 0.15) is 6.92 Å². The van der Waals surface area contributed by atoms with Crippen molar-refractivity contribution in [1.82, 2.24) is 9.13 Å². The summed E-state index contributed by atoms with van der Waals surface area (Å²) in [5, 5.41) is 4.60. The van der Waals surface area contributed by atoms with Gasteiger partial charge in [0.1, 0.15) is 0 Å². The number of hydrogen-bond donors (Lipinski definition) is 4. The van der Waals surface area contributed by atoms with Crippen molar-refractivity contribution < 1.29 is 0 Å². The number of aryl methyl sites for hydroxylation is 1. The molecule has 0 unspecified atom stereocenters. The Morgan fingerprint density at radius 1 is 0.474 bits per heavy atom. The fourth-order valence-electron chi connectivity index (χ4n) is 5.39. The van der Waals surface area contributed by atoms with E-state index in [1.54, 1.807) is 0 Å². The van der Waals surface area contributed by atoms with Crippen molar-refractivity contribution in [2.45, 2.75) is 13.5 Å². The number of nitrogen functional groups attached to an aromatic ring is 4. The van der Waals surface area contributed by atoms with E-state index in [2.05, 4.69) is 52.5 Å². The predicted molar refractivity (Wildman–Crippen MR) is 164 cm³/mol. The van der Waals surface area contributed by atoms with Crippen molar-refractivity contribution in [3.05, 3.63) is 103 Å². The summed E-state index contributed by atoms with van der Waals surface area (Å²) in [6, 6.07) is 34.4. The lowest BCUT2D eigenvalue weighted by atomic mass is 10.1. The smallest absolute Gasteiger partial charge is 0.0542 e. The van der Waals surface area contributed by atoms with E-state index in [1.807, 2.05) is 66.7 Å². The molecular weight excluding hydrogens is 468 g/mol. The second kappa shape index (κ2) is 9.09. The summed E-state index contributed by atoms with van der Waals surface area (Å²) >= 11 is 0. The minimum absolute atomic E-state index is 0.761. The van der Waals surface area contributed by atoms with E-state index in [0.29, 0.717) is 0 Å². The molecule has 0 amide bonds. The van der Waals surface area contributed by atoms with Crippen LogP contribution >= 0.6 is 0 Å². The van der Waals surface area contributed by atoms with E-state index >= 15 is 0 Å². The van der Waals surface area contributed by atoms with Crippen LogP contribution in [0, 0.1) is 0 Å². The molecule has 0 radical (unpaired) electrons. The topological polar surface area (TPSA) is 114 Å². The van der Waals surface area contributed by atoms with Gasteiger partial charge < -0.3 is 32.1 Å². The van der Waals surface area contributed by atoms with Gasteiger partial charge in [0.05, 0.1) is 11.0 Å². The van der Waals surface area contributed by atoms with Crippen LogP contribution < -0.4 is 22.9 Å². The molecule has 0 saturated carbocycles. The van der Waals surface area contributed by atoms with Gasteiger partial charge in [-0.15, -0.1) is 0 Å². The summed E-state index contributed by atoms with van der Waals surface area (Å²) in [6.07, 6.45) is 0. The lowest BCUT2D eigenvalue weighted by Crippen LogP contribution is -1.93. The van der Waals surface area contributed by atoms with Crippen LogP contribution in [-0.2, 0) is 6.54 Å². The standard InChI is InChI=1S/C18H15N3.C14H15N3/c19-12-6-8-17-15(10-12)16-11-13(20)7-9-18(16)21(17)14-4-2-1-3-5-14;1-2-17-13-5-3-9(15)7-11(13)12-8-10(16)4-6-14(12)17/h1-11H,19-20H2;3-8H,2,15-16H2,1H3. The highest BCUT2D eigenvalue weighted by Crippen LogP contribution is 2.34. The molecule has 38 heavy (non-hydrogen) atoms. The first-order valence-electron chi connectivity index (χ1n) is 12.7. The average molecular weight is 499 g/mol. The van der Waals surface area contributed by atoms with Crippen LogP contribution in [0.25, 0.3) is 49.3 Å². The summed E-state index contributed by atoms with van der Waals surface area (Å²) in [6.45, 7) is 3.08. The number of aromatic nitrogens is 2. The molecule has 5 aromatic carbocycles. The summed E-state index contributed by atoms with van der Waals surface area (Å²) in [7, 11) is 0. The first kappa shape index (κ1) is 23.3. The lowest BCUT2D eigenvalue weighted by molar-refractivity contribution is 0.827. The van der Waals surface area contributed by atoms with E-state index < -0.39 is 0 Å². The highest BCUT2D eigenvalue weighted by molar-refractivity contribution is 6.11. The molecule has 0 atom stereocenters. The van der Waals surface area contributed by atoms with Crippen LogP contribution in [-0.4, -0.2) is 9.13 Å². The van der Waals surface area contributed by atoms with E-state index in [0.717, 1.165) is 56.8 Å². The van der Waals surface area contributed by atoms with Crippen molar-refractivity contribution in [3.63, 3.8) is 0 Å². The van der Waals surface area contributed by atoms with Crippen LogP contribution in [0.2, 0.25) is 0 Å². The second-order valence-electron chi connectivity index (χ2n) is 9.52. The summed E-state index contributed by atoms with van der Waals surface area (Å²) < 4.78 is 4.52. The Labute approximate surface area is 220 Å². The Kier molecular flexibility index (Phi) is 5.57. The van der Waals surface area contributed by atoms with Crippen LogP contribution in [0.15, 0.2) is 103 Å². The van der Waals surface area contributed by atoms with E-state index in [4.69, 9.17) is 22.9 Å². The van der Waals surface area contributed by atoms with Gasteiger partial charge in [-0.25, -0.2) is 0 Å². The number of fused-ring (bicyclic) bond motifs is 6. The molecule has 0 fully saturated rings. The SMILES string of the molecule is CCn1c2ccc(N)cc2c2cc(N)ccc21.Nc1ccc2c(c1)c1cc(N)ccc1n2-c1ccccc1. The minimum atomic E-state index is 0.761. The second-order valence-corrected chi connectivity index (χ2v) is 9.52. The van der Waals surface area contributed by atoms with Gasteiger partial charge in [0.15, 0.2) is 0 Å². The van der Waals surface area contributed by atoms with Gasteiger partial charge in [0, 0.05) is 67.6 Å². The molecular formula is C32H30N6. The predicted octanol–water partition coefficient (Wildman–Crippen LogP) is 6.93. The molecule has 8 N–H and O–H groups in total. The first-order chi connectivity index (χ1) is 18.4. The molecule has 0 spiro atoms. The fraction of sp³-hybridized carbons (Fsp3) is 0.0625. The van der Waals surface area contributed by atoms with Crippen molar-refractivity contribution in [3.8, 4) is 5.69 Å². The molecule has 0 bridgehead atoms. The van der Waals surface area contributed by atoms with E-state index in [-0.39, 0.29) is 0 Å². The minimum Gasteiger partial charge on any atom is -0.399 e. The number of benzene rings is 5. The number of anilines is 4. The zero-order valence-corrected chi connectivity index (χ0v) is 21.2. The average Bonchev–Trinajstić information content (AvgIpc) is 3.40. The number of hydrogen-bond acceptors (Lipinski definition) is 4. The van der Waals surface area contributed by atoms with E-state index in [1.165, 1.54) is 21.8 Å². The third-order valence-electron chi connectivity index (χ3n) is 7.06. The van der Waals surface area contributed by atoms with Crippen molar-refractivity contribution in [2.75, 3.05) is 22.9 Å². The van der Waals surface area contributed by atoms with Gasteiger partial charge in [-0.1, -0.05) is 18.2 Å². The number of nitrogens with zero attached hydrogens (tertiary/aromatic N) is 2. The molecule has 2 heterocycles. The van der Waals surface area contributed by atoms with Crippen LogP contribution in [0.3, 0.4) is 0 Å². The van der Waals surface area contributed by atoms with Gasteiger partial charge >= 0.3 is 0 Å². The summed E-state index contributed by atoms with van der Waals surface area (Å²) in [5.41, 5.74) is 32.6. The van der Waals surface area contributed by atoms with Crippen molar-refractivity contribution in [1.29, 1.82) is 0 Å². The maximum atomic E-state index is 5.96. The molecule has 0 aliphatic heterocycles. The molecule has 7 rings (SSSR count). The largest absolute Gasteiger partial charge is 0.399 e. The normalized spacial score (nSPS) is 11.3. The van der Waals surface area contributed by atoms with Crippen molar-refractivity contribution in [2.24, 2.45) is 0 Å². The van der Waals surface area contributed by atoms with Gasteiger partial charge in [0.25, 0.3) is 0 Å². The van der Waals surface area contributed by atoms with Crippen LogP contribution in [0.4, 0.5) is 22.7 Å². The fourth-order valence-corrected chi connectivity index (χ4v) is 5.39. The maximum Gasteiger partial charge on any atom is 0.0542 e. The van der Waals surface area contributed by atoms with Gasteiger partial charge in [-0.2, -0.15) is 0 Å². The third-order valence-corrected chi connectivity index (χ3v) is 7.06. The maximum absolute atomic E-state index is 5.96. The molecule has 7 aromatic rings. The first-order valence-corrected chi connectivity index (χ1v) is 12.7. The van der Waals surface area contributed by atoms with Crippen LogP contribution in [0.5, 0.6) is 0 Å². The Morgan fingerprint density at radius 3 is 1.24 bits per heavy atom. The number of rotatable bonds is 2. The summed E-state index contributed by atoms with van der Waals surface area (Å²) in [4.78, 5) is 0. The Hall–Kier alpha value is -5.10. The highest BCUT2D eigenvalue weighted by Gasteiger charge is 2.12. The van der Waals surface area contributed by atoms with Gasteiger partial charge in [-0.3, -0.25) is 0 Å².